The minimum absolute atomic E-state index is 0.260. The number of rotatable bonds is 2. The molecular formula is C11H10BrN3O. The van der Waals surface area contributed by atoms with Crippen LogP contribution < -0.4 is 10.1 Å². The number of ether oxygens (including phenoxy) is 1. The molecule has 3 heterocycles. The molecule has 1 aliphatic heterocycles. The van der Waals surface area contributed by atoms with Crippen LogP contribution in [0, 0.1) is 0 Å². The minimum Gasteiger partial charge on any atom is -0.485 e. The monoisotopic (exact) mass is 279 g/mol. The predicted octanol–water partition coefficient (Wildman–Crippen LogP) is 1.74. The van der Waals surface area contributed by atoms with Gasteiger partial charge in [-0.2, -0.15) is 0 Å². The summed E-state index contributed by atoms with van der Waals surface area (Å²) >= 11 is 3.38. The third kappa shape index (κ3) is 1.76. The zero-order valence-corrected chi connectivity index (χ0v) is 10.1. The zero-order chi connectivity index (χ0) is 11.0. The number of fused-ring (bicyclic) bond motifs is 1. The van der Waals surface area contributed by atoms with E-state index in [-0.39, 0.29) is 6.10 Å². The molecule has 16 heavy (non-hydrogen) atoms. The number of nitrogens with one attached hydrogen (secondary N) is 1. The second kappa shape index (κ2) is 3.99. The molecule has 1 fully saturated rings. The van der Waals surface area contributed by atoms with Crippen LogP contribution in [0.15, 0.2) is 29.0 Å². The Hall–Kier alpha value is -1.20. The molecule has 0 spiro atoms. The molecule has 0 aliphatic carbocycles. The van der Waals surface area contributed by atoms with Gasteiger partial charge in [-0.05, 0) is 22.0 Å². The molecule has 1 N–H and O–H groups in total. The van der Waals surface area contributed by atoms with Crippen molar-refractivity contribution in [1.82, 2.24) is 15.3 Å². The van der Waals surface area contributed by atoms with E-state index in [1.165, 1.54) is 0 Å². The molecule has 4 nitrogen and oxygen atoms in total. The quantitative estimate of drug-likeness (QED) is 0.910. The standard InChI is InChI=1S/C11H10BrN3O/c12-7-3-9-11(15-4-7)10(1-2-14-9)16-8-5-13-6-8/h1-4,8,13H,5-6H2. The maximum atomic E-state index is 5.82. The molecule has 82 valence electrons. The maximum Gasteiger partial charge on any atom is 0.149 e. The molecule has 1 saturated heterocycles. The summed E-state index contributed by atoms with van der Waals surface area (Å²) in [5, 5.41) is 3.17. The number of hydrogen-bond donors (Lipinski definition) is 1. The van der Waals surface area contributed by atoms with Crippen LogP contribution >= 0.6 is 15.9 Å². The zero-order valence-electron chi connectivity index (χ0n) is 8.48. The number of halogens is 1. The van der Waals surface area contributed by atoms with Crippen molar-refractivity contribution in [1.29, 1.82) is 0 Å². The Morgan fingerprint density at radius 2 is 2.25 bits per heavy atom. The maximum absolute atomic E-state index is 5.82. The molecule has 5 heteroatoms. The van der Waals surface area contributed by atoms with Crippen molar-refractivity contribution in [3.8, 4) is 5.75 Å². The molecule has 0 atom stereocenters. The fourth-order valence-corrected chi connectivity index (χ4v) is 1.92. The summed E-state index contributed by atoms with van der Waals surface area (Å²) in [5.74, 6) is 0.809. The van der Waals surface area contributed by atoms with E-state index in [0.717, 1.165) is 34.3 Å². The molecule has 0 aromatic carbocycles. The van der Waals surface area contributed by atoms with Crippen molar-refractivity contribution >= 4 is 27.0 Å². The molecule has 1 aliphatic rings. The first-order chi connectivity index (χ1) is 7.83. The fraction of sp³-hybridized carbons (Fsp3) is 0.273. The number of pyridine rings is 2. The number of nitrogens with zero attached hydrogens (tertiary/aromatic N) is 2. The Kier molecular flexibility index (Phi) is 2.49. The average molecular weight is 280 g/mol. The molecule has 0 radical (unpaired) electrons. The smallest absolute Gasteiger partial charge is 0.149 e. The van der Waals surface area contributed by atoms with Gasteiger partial charge in [-0.3, -0.25) is 4.98 Å². The molecule has 0 unspecified atom stereocenters. The number of aromatic nitrogens is 2. The summed E-state index contributed by atoms with van der Waals surface area (Å²) in [6.45, 7) is 1.81. The molecule has 3 rings (SSSR count). The topological polar surface area (TPSA) is 47.0 Å². The average Bonchev–Trinajstić information content (AvgIpc) is 2.23. The summed E-state index contributed by atoms with van der Waals surface area (Å²) in [5.41, 5.74) is 1.66. The Bertz CT molecular complexity index is 528. The van der Waals surface area contributed by atoms with Crippen LogP contribution in [0.4, 0.5) is 0 Å². The fourth-order valence-electron chi connectivity index (χ4n) is 1.60. The predicted molar refractivity (Wildman–Crippen MR) is 64.5 cm³/mol. The van der Waals surface area contributed by atoms with Gasteiger partial charge in [-0.15, -0.1) is 0 Å². The van der Waals surface area contributed by atoms with Gasteiger partial charge in [0, 0.05) is 36.0 Å². The first kappa shape index (κ1) is 9.99. The molecule has 2 aromatic heterocycles. The highest BCUT2D eigenvalue weighted by atomic mass is 79.9. The Labute approximate surface area is 101 Å². The van der Waals surface area contributed by atoms with Gasteiger partial charge >= 0.3 is 0 Å². The van der Waals surface area contributed by atoms with Gasteiger partial charge in [0.15, 0.2) is 0 Å². The largest absolute Gasteiger partial charge is 0.485 e. The molecule has 2 aromatic rings. The Morgan fingerprint density at radius 1 is 1.38 bits per heavy atom. The van der Waals surface area contributed by atoms with Crippen molar-refractivity contribution < 1.29 is 4.74 Å². The van der Waals surface area contributed by atoms with Crippen molar-refractivity contribution in [2.24, 2.45) is 0 Å². The van der Waals surface area contributed by atoms with E-state index in [9.17, 15) is 0 Å². The van der Waals surface area contributed by atoms with Gasteiger partial charge in [0.2, 0.25) is 0 Å². The first-order valence-corrected chi connectivity index (χ1v) is 5.90. The van der Waals surface area contributed by atoms with Gasteiger partial charge in [0.25, 0.3) is 0 Å². The normalized spacial score (nSPS) is 16.1. The highest BCUT2D eigenvalue weighted by Crippen LogP contribution is 2.25. The van der Waals surface area contributed by atoms with Crippen LogP contribution in [0.1, 0.15) is 0 Å². The first-order valence-electron chi connectivity index (χ1n) is 5.10. The van der Waals surface area contributed by atoms with E-state index >= 15 is 0 Å². The van der Waals surface area contributed by atoms with Crippen LogP contribution in [0.3, 0.4) is 0 Å². The van der Waals surface area contributed by atoms with Crippen molar-refractivity contribution in [3.63, 3.8) is 0 Å². The van der Waals surface area contributed by atoms with E-state index in [4.69, 9.17) is 4.74 Å². The van der Waals surface area contributed by atoms with Gasteiger partial charge in [-0.1, -0.05) is 0 Å². The van der Waals surface area contributed by atoms with Gasteiger partial charge in [-0.25, -0.2) is 4.98 Å². The van der Waals surface area contributed by atoms with Crippen LogP contribution in [0.2, 0.25) is 0 Å². The summed E-state index contributed by atoms with van der Waals surface area (Å²) in [6.07, 6.45) is 3.77. The van der Waals surface area contributed by atoms with E-state index in [1.54, 1.807) is 12.4 Å². The van der Waals surface area contributed by atoms with Crippen LogP contribution in [-0.2, 0) is 0 Å². The summed E-state index contributed by atoms with van der Waals surface area (Å²) in [4.78, 5) is 8.60. The molecular weight excluding hydrogens is 270 g/mol. The highest BCUT2D eigenvalue weighted by molar-refractivity contribution is 9.10. The molecule has 0 bridgehead atoms. The second-order valence-electron chi connectivity index (χ2n) is 3.73. The second-order valence-corrected chi connectivity index (χ2v) is 4.64. The SMILES string of the molecule is Brc1cnc2c(OC3CNC3)ccnc2c1. The van der Waals surface area contributed by atoms with Crippen molar-refractivity contribution in [2.45, 2.75) is 6.10 Å². The van der Waals surface area contributed by atoms with Crippen LogP contribution in [0.25, 0.3) is 11.0 Å². The third-order valence-electron chi connectivity index (χ3n) is 2.54. The van der Waals surface area contributed by atoms with Gasteiger partial charge in [0.1, 0.15) is 17.4 Å². The number of hydrogen-bond acceptors (Lipinski definition) is 4. The van der Waals surface area contributed by atoms with E-state index in [1.807, 2.05) is 12.1 Å². The molecule has 0 saturated carbocycles. The summed E-state index contributed by atoms with van der Waals surface area (Å²) in [7, 11) is 0. The highest BCUT2D eigenvalue weighted by Gasteiger charge is 2.19. The summed E-state index contributed by atoms with van der Waals surface area (Å²) in [6, 6.07) is 3.80. The van der Waals surface area contributed by atoms with Gasteiger partial charge in [0.05, 0.1) is 5.52 Å². The van der Waals surface area contributed by atoms with Crippen molar-refractivity contribution in [2.75, 3.05) is 13.1 Å². The van der Waals surface area contributed by atoms with Crippen LogP contribution in [-0.4, -0.2) is 29.2 Å². The van der Waals surface area contributed by atoms with Crippen LogP contribution in [0.5, 0.6) is 5.75 Å². The lowest BCUT2D eigenvalue weighted by Gasteiger charge is -2.27. The van der Waals surface area contributed by atoms with E-state index < -0.39 is 0 Å². The van der Waals surface area contributed by atoms with E-state index in [0.29, 0.717) is 0 Å². The lowest BCUT2D eigenvalue weighted by atomic mass is 10.2. The molecule has 0 amide bonds. The minimum atomic E-state index is 0.260. The van der Waals surface area contributed by atoms with Crippen molar-refractivity contribution in [3.05, 3.63) is 29.0 Å². The van der Waals surface area contributed by atoms with Gasteiger partial charge < -0.3 is 10.1 Å². The lowest BCUT2D eigenvalue weighted by Crippen LogP contribution is -2.50. The van der Waals surface area contributed by atoms with E-state index in [2.05, 4.69) is 31.2 Å². The summed E-state index contributed by atoms with van der Waals surface area (Å²) < 4.78 is 6.75. The lowest BCUT2D eigenvalue weighted by molar-refractivity contribution is 0.144. The Morgan fingerprint density at radius 3 is 3.00 bits per heavy atom. The third-order valence-corrected chi connectivity index (χ3v) is 2.98. The Balaban J connectivity index is 2.02.